The van der Waals surface area contributed by atoms with Crippen LogP contribution in [-0.4, -0.2) is 35.8 Å². The van der Waals surface area contributed by atoms with E-state index in [9.17, 15) is 9.59 Å². The predicted molar refractivity (Wildman–Crippen MR) is 114 cm³/mol. The Bertz CT molecular complexity index is 975. The van der Waals surface area contributed by atoms with Crippen LogP contribution in [0.15, 0.2) is 48.5 Å². The molecule has 3 aromatic rings. The Kier molecular flexibility index (Phi) is 6.57. The van der Waals surface area contributed by atoms with Crippen LogP contribution >= 0.6 is 0 Å². The van der Waals surface area contributed by atoms with Gasteiger partial charge in [0.2, 0.25) is 0 Å². The van der Waals surface area contributed by atoms with Gasteiger partial charge in [-0.15, -0.1) is 0 Å². The normalized spacial score (nSPS) is 10.5. The first-order valence-corrected chi connectivity index (χ1v) is 9.58. The lowest BCUT2D eigenvalue weighted by Gasteiger charge is -2.10. The maximum absolute atomic E-state index is 12.7. The molecule has 2 aromatic carbocycles. The van der Waals surface area contributed by atoms with Crippen LogP contribution in [0.3, 0.4) is 0 Å². The first-order chi connectivity index (χ1) is 14.4. The lowest BCUT2D eigenvalue weighted by molar-refractivity contribution is 0.0986. The summed E-state index contributed by atoms with van der Waals surface area (Å²) < 4.78 is 10.3. The molecule has 0 unspecified atom stereocenters. The van der Waals surface area contributed by atoms with Gasteiger partial charge in [0.15, 0.2) is 11.6 Å². The summed E-state index contributed by atoms with van der Waals surface area (Å²) in [4.78, 5) is 34.5. The summed E-state index contributed by atoms with van der Waals surface area (Å²) in [5.41, 5.74) is 3.70. The van der Waals surface area contributed by atoms with E-state index in [2.05, 4.69) is 9.97 Å². The molecule has 6 nitrogen and oxygen atoms in total. The highest BCUT2D eigenvalue weighted by molar-refractivity contribution is 5.98. The topological polar surface area (TPSA) is 78.4 Å². The molecule has 3 rings (SSSR count). The van der Waals surface area contributed by atoms with Crippen LogP contribution in [-0.2, 0) is 12.8 Å². The number of hydrogen-bond donors (Lipinski definition) is 0. The van der Waals surface area contributed by atoms with Crippen LogP contribution in [0.2, 0.25) is 0 Å². The van der Waals surface area contributed by atoms with Gasteiger partial charge < -0.3 is 9.47 Å². The number of carbonyl (C=O) groups is 2. The minimum absolute atomic E-state index is 0.0636. The second kappa shape index (κ2) is 9.31. The number of hydrogen-bond acceptors (Lipinski definition) is 6. The number of methoxy groups -OCH3 is 2. The van der Waals surface area contributed by atoms with Gasteiger partial charge >= 0.3 is 0 Å². The molecule has 0 aliphatic heterocycles. The molecule has 6 heteroatoms. The fourth-order valence-corrected chi connectivity index (χ4v) is 3.10. The monoisotopic (exact) mass is 404 g/mol. The van der Waals surface area contributed by atoms with Gasteiger partial charge in [0.1, 0.15) is 11.5 Å². The van der Waals surface area contributed by atoms with Gasteiger partial charge in [0, 0.05) is 11.1 Å². The van der Waals surface area contributed by atoms with E-state index in [1.165, 1.54) is 0 Å². The number of nitrogens with zero attached hydrogens (tertiary/aromatic N) is 2. The van der Waals surface area contributed by atoms with E-state index in [-0.39, 0.29) is 24.4 Å². The molecule has 0 saturated heterocycles. The fourth-order valence-electron chi connectivity index (χ4n) is 3.10. The number of Topliss-reactive ketones (excluding diaryl/α,β-unsaturated/α-hetero) is 2. The number of ketones is 2. The zero-order chi connectivity index (χ0) is 21.7. The zero-order valence-corrected chi connectivity index (χ0v) is 17.6. The highest BCUT2D eigenvalue weighted by atomic mass is 16.5. The summed E-state index contributed by atoms with van der Waals surface area (Å²) in [5.74, 6) is 1.26. The van der Waals surface area contributed by atoms with E-state index in [0.29, 0.717) is 45.4 Å². The predicted octanol–water partition coefficient (Wildman–Crippen LogP) is 3.96. The van der Waals surface area contributed by atoms with Gasteiger partial charge in [-0.1, -0.05) is 0 Å². The molecule has 0 bridgehead atoms. The Morgan fingerprint density at radius 2 is 1.03 bits per heavy atom. The third-order valence-electron chi connectivity index (χ3n) is 4.92. The van der Waals surface area contributed by atoms with Crippen LogP contribution < -0.4 is 9.47 Å². The van der Waals surface area contributed by atoms with Crippen molar-refractivity contribution in [3.63, 3.8) is 0 Å². The summed E-state index contributed by atoms with van der Waals surface area (Å²) >= 11 is 0. The molecule has 0 amide bonds. The molecule has 0 aliphatic carbocycles. The first kappa shape index (κ1) is 21.2. The number of carbonyl (C=O) groups excluding carboxylic acids is 2. The van der Waals surface area contributed by atoms with Crippen molar-refractivity contribution in [1.29, 1.82) is 0 Å². The van der Waals surface area contributed by atoms with E-state index >= 15 is 0 Å². The summed E-state index contributed by atoms with van der Waals surface area (Å²) in [6.07, 6.45) is 0.240. The van der Waals surface area contributed by atoms with E-state index < -0.39 is 0 Å². The van der Waals surface area contributed by atoms with Crippen molar-refractivity contribution in [2.45, 2.75) is 26.7 Å². The Balaban J connectivity index is 1.78. The minimum Gasteiger partial charge on any atom is -0.497 e. The van der Waals surface area contributed by atoms with E-state index in [1.807, 2.05) is 13.8 Å². The van der Waals surface area contributed by atoms with Gasteiger partial charge in [-0.2, -0.15) is 0 Å². The molecular formula is C24H24N2O4. The molecule has 0 spiro atoms. The number of ether oxygens (including phenoxy) is 2. The van der Waals surface area contributed by atoms with Gasteiger partial charge in [0.05, 0.1) is 49.8 Å². The van der Waals surface area contributed by atoms with Crippen LogP contribution in [0, 0.1) is 13.8 Å². The molecule has 154 valence electrons. The highest BCUT2D eigenvalue weighted by Crippen LogP contribution is 2.17. The second-order valence-electron chi connectivity index (χ2n) is 6.94. The quantitative estimate of drug-likeness (QED) is 0.529. The molecule has 30 heavy (non-hydrogen) atoms. The van der Waals surface area contributed by atoms with Crippen molar-refractivity contribution in [3.05, 3.63) is 82.4 Å². The highest BCUT2D eigenvalue weighted by Gasteiger charge is 2.16. The van der Waals surface area contributed by atoms with Gasteiger partial charge in [-0.25, -0.2) is 0 Å². The molecule has 0 fully saturated rings. The van der Waals surface area contributed by atoms with Gasteiger partial charge in [-0.3, -0.25) is 19.6 Å². The number of aromatic nitrogens is 2. The summed E-state index contributed by atoms with van der Waals surface area (Å²) in [6.45, 7) is 3.65. The molecule has 1 heterocycles. The van der Waals surface area contributed by atoms with Gasteiger partial charge in [0.25, 0.3) is 0 Å². The van der Waals surface area contributed by atoms with Crippen molar-refractivity contribution >= 4 is 11.6 Å². The SMILES string of the molecule is COc1ccc(C(=O)Cc2nc(CC(=O)c3ccc(OC)cc3)c(C)nc2C)cc1. The number of rotatable bonds is 8. The molecule has 0 atom stereocenters. The molecule has 0 radical (unpaired) electrons. The third kappa shape index (κ3) is 4.89. The molecule has 0 saturated carbocycles. The van der Waals surface area contributed by atoms with Crippen molar-refractivity contribution in [2.75, 3.05) is 14.2 Å². The lowest BCUT2D eigenvalue weighted by atomic mass is 10.0. The van der Waals surface area contributed by atoms with E-state index in [1.54, 1.807) is 62.8 Å². The van der Waals surface area contributed by atoms with Crippen molar-refractivity contribution in [3.8, 4) is 11.5 Å². The van der Waals surface area contributed by atoms with Crippen LogP contribution in [0.25, 0.3) is 0 Å². The Morgan fingerprint density at radius 1 is 0.667 bits per heavy atom. The molecular weight excluding hydrogens is 380 g/mol. The minimum atomic E-state index is -0.0636. The third-order valence-corrected chi connectivity index (χ3v) is 4.92. The fraction of sp³-hybridized carbons (Fsp3) is 0.250. The average Bonchev–Trinajstić information content (AvgIpc) is 2.77. The van der Waals surface area contributed by atoms with Crippen LogP contribution in [0.4, 0.5) is 0 Å². The first-order valence-electron chi connectivity index (χ1n) is 9.58. The second-order valence-corrected chi connectivity index (χ2v) is 6.94. The summed E-state index contributed by atoms with van der Waals surface area (Å²) in [5, 5.41) is 0. The average molecular weight is 404 g/mol. The van der Waals surface area contributed by atoms with Crippen molar-refractivity contribution in [1.82, 2.24) is 9.97 Å². The zero-order valence-electron chi connectivity index (χ0n) is 17.6. The standard InChI is InChI=1S/C24H24N2O4/c1-15-21(13-23(27)17-5-9-19(29-3)10-6-17)26-22(16(2)25-15)14-24(28)18-7-11-20(30-4)12-8-18/h5-12H,13-14H2,1-4H3. The Morgan fingerprint density at radius 3 is 1.37 bits per heavy atom. The maximum Gasteiger partial charge on any atom is 0.168 e. The smallest absolute Gasteiger partial charge is 0.168 e. The lowest BCUT2D eigenvalue weighted by Crippen LogP contribution is -2.14. The number of aryl methyl sites for hydroxylation is 2. The molecule has 1 aromatic heterocycles. The van der Waals surface area contributed by atoms with Crippen LogP contribution in [0.5, 0.6) is 11.5 Å². The van der Waals surface area contributed by atoms with E-state index in [4.69, 9.17) is 9.47 Å². The van der Waals surface area contributed by atoms with Crippen molar-refractivity contribution < 1.29 is 19.1 Å². The Hall–Kier alpha value is -3.54. The molecule has 0 N–H and O–H groups in total. The van der Waals surface area contributed by atoms with Crippen LogP contribution in [0.1, 0.15) is 43.5 Å². The maximum atomic E-state index is 12.7. The number of benzene rings is 2. The summed E-state index contributed by atoms with van der Waals surface area (Å²) in [6, 6.07) is 13.9. The largest absolute Gasteiger partial charge is 0.497 e. The van der Waals surface area contributed by atoms with Gasteiger partial charge in [-0.05, 0) is 62.4 Å². The molecule has 0 aliphatic rings. The summed E-state index contributed by atoms with van der Waals surface area (Å²) in [7, 11) is 3.16. The van der Waals surface area contributed by atoms with Crippen molar-refractivity contribution in [2.24, 2.45) is 0 Å². The van der Waals surface area contributed by atoms with E-state index in [0.717, 1.165) is 0 Å². The Labute approximate surface area is 175 Å².